The first-order valence-electron chi connectivity index (χ1n) is 8.13. The molecule has 140 valence electrons. The summed E-state index contributed by atoms with van der Waals surface area (Å²) in [6.45, 7) is 5.36. The normalized spacial score (nSPS) is 11.9. The summed E-state index contributed by atoms with van der Waals surface area (Å²) in [7, 11) is 3.44. The summed E-state index contributed by atoms with van der Waals surface area (Å²) in [5.74, 6) is 1.05. The molecule has 2 aromatic rings. The zero-order valence-electron chi connectivity index (χ0n) is 15.4. The Bertz CT molecular complexity index is 773. The Hall–Kier alpha value is -2.55. The van der Waals surface area contributed by atoms with E-state index in [1.807, 2.05) is 49.7 Å². The summed E-state index contributed by atoms with van der Waals surface area (Å²) < 4.78 is 6.96. The number of aromatic nitrogens is 3. The second-order valence-electron chi connectivity index (χ2n) is 5.97. The minimum atomic E-state index is -0.505. The van der Waals surface area contributed by atoms with Crippen molar-refractivity contribution < 1.29 is 14.3 Å². The zero-order chi connectivity index (χ0) is 19.3. The number of rotatable bonds is 6. The first kappa shape index (κ1) is 19.8. The summed E-state index contributed by atoms with van der Waals surface area (Å²) in [4.78, 5) is 23.8. The van der Waals surface area contributed by atoms with E-state index in [4.69, 9.17) is 4.74 Å². The minimum absolute atomic E-state index is 0.0449. The van der Waals surface area contributed by atoms with Crippen LogP contribution >= 0.6 is 11.8 Å². The number of nitrogens with one attached hydrogen (secondary N) is 2. The molecule has 0 aliphatic carbocycles. The molecule has 8 nitrogen and oxygen atoms in total. The van der Waals surface area contributed by atoms with Crippen molar-refractivity contribution in [2.45, 2.75) is 37.2 Å². The molecule has 26 heavy (non-hydrogen) atoms. The van der Waals surface area contributed by atoms with Gasteiger partial charge in [-0.05, 0) is 45.0 Å². The molecule has 1 heterocycles. The number of thioether (sulfide) groups is 1. The van der Waals surface area contributed by atoms with E-state index in [9.17, 15) is 9.59 Å². The van der Waals surface area contributed by atoms with Crippen LogP contribution in [-0.4, -0.2) is 45.1 Å². The predicted octanol–water partition coefficient (Wildman–Crippen LogP) is 2.21. The molecule has 0 bridgehead atoms. The molecule has 1 aromatic carbocycles. The van der Waals surface area contributed by atoms with Gasteiger partial charge < -0.3 is 14.6 Å². The van der Waals surface area contributed by atoms with Gasteiger partial charge in [0.15, 0.2) is 11.0 Å². The van der Waals surface area contributed by atoms with Crippen molar-refractivity contribution in [2.75, 3.05) is 7.11 Å². The molecule has 0 aliphatic heterocycles. The van der Waals surface area contributed by atoms with E-state index in [1.54, 1.807) is 14.0 Å². The Morgan fingerprint density at radius 2 is 1.81 bits per heavy atom. The monoisotopic (exact) mass is 377 g/mol. The van der Waals surface area contributed by atoms with Gasteiger partial charge >= 0.3 is 6.03 Å². The number of benzene rings is 1. The molecule has 3 amide bonds. The fourth-order valence-corrected chi connectivity index (χ4v) is 2.95. The molecular formula is C17H23N5O3S. The summed E-state index contributed by atoms with van der Waals surface area (Å²) in [5, 5.41) is 13.4. The fraction of sp³-hybridized carbons (Fsp3) is 0.412. The highest BCUT2D eigenvalue weighted by Crippen LogP contribution is 2.26. The van der Waals surface area contributed by atoms with E-state index in [-0.39, 0.29) is 11.9 Å². The molecule has 0 saturated heterocycles. The number of hydrogen-bond donors (Lipinski definition) is 2. The molecule has 0 fully saturated rings. The van der Waals surface area contributed by atoms with Crippen LogP contribution in [0.3, 0.4) is 0 Å². The van der Waals surface area contributed by atoms with Crippen LogP contribution in [-0.2, 0) is 11.8 Å². The molecule has 2 rings (SSSR count). The molecule has 0 aliphatic rings. The van der Waals surface area contributed by atoms with Crippen LogP contribution in [0.5, 0.6) is 5.75 Å². The van der Waals surface area contributed by atoms with Gasteiger partial charge in [-0.25, -0.2) is 4.79 Å². The summed E-state index contributed by atoms with van der Waals surface area (Å²) in [6.07, 6.45) is 0. The Morgan fingerprint density at radius 1 is 1.15 bits per heavy atom. The first-order valence-corrected chi connectivity index (χ1v) is 9.01. The van der Waals surface area contributed by atoms with Crippen molar-refractivity contribution in [3.05, 3.63) is 24.3 Å². The van der Waals surface area contributed by atoms with E-state index >= 15 is 0 Å². The van der Waals surface area contributed by atoms with Gasteiger partial charge in [-0.15, -0.1) is 10.2 Å². The van der Waals surface area contributed by atoms with Crippen molar-refractivity contribution in [3.63, 3.8) is 0 Å². The number of amides is 3. The number of methoxy groups -OCH3 is 1. The van der Waals surface area contributed by atoms with E-state index in [0.717, 1.165) is 11.3 Å². The number of nitrogens with zero attached hydrogens (tertiary/aromatic N) is 3. The molecular weight excluding hydrogens is 354 g/mol. The lowest BCUT2D eigenvalue weighted by Gasteiger charge is -2.13. The van der Waals surface area contributed by atoms with Gasteiger partial charge in [0.25, 0.3) is 0 Å². The summed E-state index contributed by atoms with van der Waals surface area (Å²) in [6, 6.07) is 6.93. The third-order valence-electron chi connectivity index (χ3n) is 3.49. The maximum absolute atomic E-state index is 12.1. The van der Waals surface area contributed by atoms with Gasteiger partial charge in [0.2, 0.25) is 5.91 Å². The van der Waals surface area contributed by atoms with Crippen molar-refractivity contribution in [1.29, 1.82) is 0 Å². The van der Waals surface area contributed by atoms with Gasteiger partial charge in [0.05, 0.1) is 12.4 Å². The molecule has 0 radical (unpaired) electrons. The van der Waals surface area contributed by atoms with Gasteiger partial charge in [-0.1, -0.05) is 11.8 Å². The van der Waals surface area contributed by atoms with Crippen LogP contribution in [0.2, 0.25) is 0 Å². The Kier molecular flexibility index (Phi) is 6.62. The van der Waals surface area contributed by atoms with Crippen molar-refractivity contribution >= 4 is 23.7 Å². The molecule has 9 heteroatoms. The van der Waals surface area contributed by atoms with Gasteiger partial charge in [0, 0.05) is 18.7 Å². The summed E-state index contributed by atoms with van der Waals surface area (Å²) >= 11 is 1.23. The topological polar surface area (TPSA) is 98.1 Å². The quantitative estimate of drug-likeness (QED) is 0.749. The highest BCUT2D eigenvalue weighted by atomic mass is 32.2. The lowest BCUT2D eigenvalue weighted by atomic mass is 10.2. The highest BCUT2D eigenvalue weighted by Gasteiger charge is 2.21. The second kappa shape index (κ2) is 8.70. The average molecular weight is 377 g/mol. The third-order valence-corrected chi connectivity index (χ3v) is 4.62. The average Bonchev–Trinajstić information content (AvgIpc) is 2.94. The molecule has 1 atom stereocenters. The number of imide groups is 1. The van der Waals surface area contributed by atoms with Gasteiger partial charge in [-0.3, -0.25) is 10.1 Å². The Labute approximate surface area is 156 Å². The summed E-state index contributed by atoms with van der Waals surface area (Å²) in [5.41, 5.74) is 0.890. The predicted molar refractivity (Wildman–Crippen MR) is 100 cm³/mol. The lowest BCUT2D eigenvalue weighted by molar-refractivity contribution is -0.119. The van der Waals surface area contributed by atoms with Gasteiger partial charge in [0.1, 0.15) is 5.75 Å². The van der Waals surface area contributed by atoms with Crippen LogP contribution in [0.15, 0.2) is 29.4 Å². The molecule has 2 N–H and O–H groups in total. The number of carbonyl (C=O) groups is 2. The smallest absolute Gasteiger partial charge is 0.321 e. The molecule has 0 unspecified atom stereocenters. The largest absolute Gasteiger partial charge is 0.497 e. The van der Waals surface area contributed by atoms with Crippen LogP contribution in [0.4, 0.5) is 4.79 Å². The standard InChI is InChI=1S/C17H23N5O3S/c1-10(2)18-16(24)19-15(23)11(3)26-17-21-20-14(22(17)4)12-6-8-13(25-5)9-7-12/h6-11H,1-5H3,(H2,18,19,23,24)/t11-/m0/s1. The third kappa shape index (κ3) is 4.98. The maximum Gasteiger partial charge on any atom is 0.321 e. The number of carbonyl (C=O) groups excluding carboxylic acids is 2. The van der Waals surface area contributed by atoms with E-state index in [1.165, 1.54) is 11.8 Å². The number of urea groups is 1. The van der Waals surface area contributed by atoms with Crippen LogP contribution < -0.4 is 15.4 Å². The van der Waals surface area contributed by atoms with E-state index in [0.29, 0.717) is 11.0 Å². The van der Waals surface area contributed by atoms with Crippen molar-refractivity contribution in [2.24, 2.45) is 7.05 Å². The lowest BCUT2D eigenvalue weighted by Crippen LogP contribution is -2.45. The van der Waals surface area contributed by atoms with E-state index < -0.39 is 11.3 Å². The van der Waals surface area contributed by atoms with Crippen LogP contribution in [0.1, 0.15) is 20.8 Å². The molecule has 0 saturated carbocycles. The van der Waals surface area contributed by atoms with Crippen molar-refractivity contribution in [1.82, 2.24) is 25.4 Å². The zero-order valence-corrected chi connectivity index (χ0v) is 16.3. The number of hydrogen-bond acceptors (Lipinski definition) is 6. The minimum Gasteiger partial charge on any atom is -0.497 e. The van der Waals surface area contributed by atoms with E-state index in [2.05, 4.69) is 20.8 Å². The molecule has 0 spiro atoms. The second-order valence-corrected chi connectivity index (χ2v) is 7.28. The Balaban J connectivity index is 2.04. The number of ether oxygens (including phenoxy) is 1. The molecule has 1 aromatic heterocycles. The highest BCUT2D eigenvalue weighted by molar-refractivity contribution is 8.00. The fourth-order valence-electron chi connectivity index (χ4n) is 2.13. The van der Waals surface area contributed by atoms with Crippen LogP contribution in [0, 0.1) is 0 Å². The van der Waals surface area contributed by atoms with Gasteiger partial charge in [-0.2, -0.15) is 0 Å². The van der Waals surface area contributed by atoms with Crippen LogP contribution in [0.25, 0.3) is 11.4 Å². The SMILES string of the molecule is COc1ccc(-c2nnc(S[C@@H](C)C(=O)NC(=O)NC(C)C)n2C)cc1. The first-order chi connectivity index (χ1) is 12.3. The Morgan fingerprint density at radius 3 is 2.38 bits per heavy atom. The maximum atomic E-state index is 12.1. The van der Waals surface area contributed by atoms with Crippen molar-refractivity contribution in [3.8, 4) is 17.1 Å².